The lowest BCUT2D eigenvalue weighted by Gasteiger charge is -2.06. The lowest BCUT2D eigenvalue weighted by Crippen LogP contribution is -2.10. The van der Waals surface area contributed by atoms with Gasteiger partial charge in [-0.1, -0.05) is 12.1 Å². The Kier molecular flexibility index (Phi) is 2.97. The van der Waals surface area contributed by atoms with Gasteiger partial charge in [0.15, 0.2) is 5.05 Å². The van der Waals surface area contributed by atoms with E-state index in [1.807, 2.05) is 35.8 Å². The maximum Gasteiger partial charge on any atom is 0.179 e. The molecule has 1 aromatic carbocycles. The summed E-state index contributed by atoms with van der Waals surface area (Å²) in [6.45, 7) is 3.13. The van der Waals surface area contributed by atoms with Gasteiger partial charge in [0.1, 0.15) is 0 Å². The highest BCUT2D eigenvalue weighted by atomic mass is 32.1. The lowest BCUT2D eigenvalue weighted by atomic mass is 10.3. The van der Waals surface area contributed by atoms with Gasteiger partial charge in [-0.2, -0.15) is 0 Å². The van der Waals surface area contributed by atoms with Crippen LogP contribution in [0.15, 0.2) is 30.6 Å². The van der Waals surface area contributed by atoms with Crippen LogP contribution in [0.2, 0.25) is 0 Å². The molecule has 0 fully saturated rings. The highest BCUT2D eigenvalue weighted by Gasteiger charge is 2.03. The Morgan fingerprint density at radius 2 is 2.27 bits per heavy atom. The molecule has 3 nitrogen and oxygen atoms in total. The van der Waals surface area contributed by atoms with E-state index in [9.17, 15) is 0 Å². The molecule has 0 bridgehead atoms. The number of nitrogens with zero attached hydrogens (tertiary/aromatic N) is 2. The minimum atomic E-state index is 0.587. The predicted octanol–water partition coefficient (Wildman–Crippen LogP) is 2.40. The molecule has 15 heavy (non-hydrogen) atoms. The number of para-hydroxylation sites is 2. The van der Waals surface area contributed by atoms with Gasteiger partial charge < -0.3 is 9.30 Å². The number of imidazole rings is 1. The Bertz CT molecular complexity index is 478. The summed E-state index contributed by atoms with van der Waals surface area (Å²) in [6.07, 6.45) is 1.79. The van der Waals surface area contributed by atoms with Gasteiger partial charge in [-0.25, -0.2) is 4.98 Å². The Hall–Kier alpha value is -1.42. The first-order valence-corrected chi connectivity index (χ1v) is 5.27. The van der Waals surface area contributed by atoms with Gasteiger partial charge in [0.25, 0.3) is 0 Å². The number of ether oxygens (including phenoxy) is 1. The van der Waals surface area contributed by atoms with E-state index in [0.717, 1.165) is 11.0 Å². The van der Waals surface area contributed by atoms with Crippen LogP contribution < -0.4 is 0 Å². The van der Waals surface area contributed by atoms with E-state index in [0.29, 0.717) is 18.2 Å². The molecule has 4 heteroatoms. The van der Waals surface area contributed by atoms with E-state index < -0.39 is 0 Å². The summed E-state index contributed by atoms with van der Waals surface area (Å²) in [5.74, 6) is 0. The monoisotopic (exact) mass is 220 g/mol. The van der Waals surface area contributed by atoms with E-state index in [1.54, 1.807) is 6.33 Å². The Labute approximate surface area is 93.7 Å². The fourth-order valence-corrected chi connectivity index (χ4v) is 1.74. The molecule has 0 unspecified atom stereocenters. The molecule has 2 aromatic rings. The van der Waals surface area contributed by atoms with Crippen LogP contribution in [0.1, 0.15) is 6.92 Å². The molecule has 0 aliphatic rings. The quantitative estimate of drug-likeness (QED) is 0.743. The van der Waals surface area contributed by atoms with E-state index in [2.05, 4.69) is 4.98 Å². The van der Waals surface area contributed by atoms with Crippen molar-refractivity contribution in [1.29, 1.82) is 0 Å². The number of benzene rings is 1. The van der Waals surface area contributed by atoms with Crippen molar-refractivity contribution in [3.05, 3.63) is 30.6 Å². The van der Waals surface area contributed by atoms with Gasteiger partial charge in [-0.15, -0.1) is 0 Å². The van der Waals surface area contributed by atoms with Crippen molar-refractivity contribution in [3.63, 3.8) is 0 Å². The van der Waals surface area contributed by atoms with Crippen molar-refractivity contribution in [1.82, 2.24) is 9.55 Å². The largest absolute Gasteiger partial charge is 0.485 e. The smallest absolute Gasteiger partial charge is 0.179 e. The van der Waals surface area contributed by atoms with Crippen molar-refractivity contribution in [2.24, 2.45) is 0 Å². The minimum absolute atomic E-state index is 0.587. The lowest BCUT2D eigenvalue weighted by molar-refractivity contribution is 0.324. The molecule has 78 valence electrons. The molecule has 0 amide bonds. The van der Waals surface area contributed by atoms with Gasteiger partial charge in [-0.05, 0) is 31.3 Å². The molecule has 0 saturated heterocycles. The highest BCUT2D eigenvalue weighted by molar-refractivity contribution is 7.80. The fourth-order valence-electron chi connectivity index (χ4n) is 1.48. The van der Waals surface area contributed by atoms with Crippen LogP contribution >= 0.6 is 12.2 Å². The van der Waals surface area contributed by atoms with Crippen molar-refractivity contribution in [2.45, 2.75) is 13.5 Å². The van der Waals surface area contributed by atoms with Gasteiger partial charge in [-0.3, -0.25) is 0 Å². The Morgan fingerprint density at radius 3 is 3.07 bits per heavy atom. The molecule has 1 heterocycles. The summed E-state index contributed by atoms with van der Waals surface area (Å²) in [6, 6.07) is 7.97. The number of hydrogen-bond donors (Lipinski definition) is 0. The van der Waals surface area contributed by atoms with Gasteiger partial charge >= 0.3 is 0 Å². The third-order valence-corrected chi connectivity index (χ3v) is 2.38. The van der Waals surface area contributed by atoms with E-state index in [4.69, 9.17) is 17.0 Å². The molecule has 2 rings (SSSR count). The summed E-state index contributed by atoms with van der Waals surface area (Å²) in [5, 5.41) is 0.598. The minimum Gasteiger partial charge on any atom is -0.485 e. The summed E-state index contributed by atoms with van der Waals surface area (Å²) < 4.78 is 7.24. The van der Waals surface area contributed by atoms with Crippen LogP contribution in [0.5, 0.6) is 0 Å². The number of fused-ring (bicyclic) bond motifs is 1. The molecule has 1 aromatic heterocycles. The second kappa shape index (κ2) is 4.40. The molecule has 0 atom stereocenters. The van der Waals surface area contributed by atoms with Crippen molar-refractivity contribution >= 4 is 28.3 Å². The Balaban J connectivity index is 2.25. The zero-order chi connectivity index (χ0) is 10.7. The SMILES string of the molecule is CCOC(=S)Cn1cnc2ccccc21. The third-order valence-electron chi connectivity index (χ3n) is 2.13. The third kappa shape index (κ3) is 2.15. The average Bonchev–Trinajstić information content (AvgIpc) is 2.62. The fraction of sp³-hybridized carbons (Fsp3) is 0.273. The maximum absolute atomic E-state index is 5.25. The zero-order valence-electron chi connectivity index (χ0n) is 8.51. The van der Waals surface area contributed by atoms with E-state index in [-0.39, 0.29) is 0 Å². The summed E-state index contributed by atoms with van der Waals surface area (Å²) >= 11 is 5.09. The number of hydrogen-bond acceptors (Lipinski definition) is 3. The summed E-state index contributed by atoms with van der Waals surface area (Å²) in [4.78, 5) is 4.28. The number of rotatable bonds is 3. The van der Waals surface area contributed by atoms with Crippen LogP contribution in [0.25, 0.3) is 11.0 Å². The second-order valence-electron chi connectivity index (χ2n) is 3.17. The summed E-state index contributed by atoms with van der Waals surface area (Å²) in [7, 11) is 0. The predicted molar refractivity (Wildman–Crippen MR) is 64.0 cm³/mol. The molecule has 0 aliphatic carbocycles. The van der Waals surface area contributed by atoms with Gasteiger partial charge in [0.2, 0.25) is 0 Å². The van der Waals surface area contributed by atoms with Crippen molar-refractivity contribution in [3.8, 4) is 0 Å². The first-order valence-electron chi connectivity index (χ1n) is 4.86. The van der Waals surface area contributed by atoms with Crippen molar-refractivity contribution in [2.75, 3.05) is 6.61 Å². The van der Waals surface area contributed by atoms with Gasteiger partial charge in [0.05, 0.1) is 30.5 Å². The topological polar surface area (TPSA) is 27.1 Å². The molecule has 0 aliphatic heterocycles. The average molecular weight is 220 g/mol. The molecule has 0 radical (unpaired) electrons. The Morgan fingerprint density at radius 1 is 1.47 bits per heavy atom. The number of aromatic nitrogens is 2. The normalized spacial score (nSPS) is 10.5. The van der Waals surface area contributed by atoms with Gasteiger partial charge in [0, 0.05) is 0 Å². The molecular weight excluding hydrogens is 208 g/mol. The van der Waals surface area contributed by atoms with Crippen LogP contribution in [-0.4, -0.2) is 21.2 Å². The van der Waals surface area contributed by atoms with E-state index in [1.165, 1.54) is 0 Å². The van der Waals surface area contributed by atoms with Crippen molar-refractivity contribution < 1.29 is 4.74 Å². The first kappa shape index (κ1) is 10.1. The molecule has 0 N–H and O–H groups in total. The molecule has 0 spiro atoms. The van der Waals surface area contributed by atoms with E-state index >= 15 is 0 Å². The van der Waals surface area contributed by atoms with Crippen LogP contribution in [0, 0.1) is 0 Å². The maximum atomic E-state index is 5.25. The second-order valence-corrected chi connectivity index (χ2v) is 3.62. The zero-order valence-corrected chi connectivity index (χ0v) is 9.33. The van der Waals surface area contributed by atoms with Crippen LogP contribution in [-0.2, 0) is 11.3 Å². The van der Waals surface area contributed by atoms with Crippen LogP contribution in [0.4, 0.5) is 0 Å². The molecular formula is C11H12N2OS. The van der Waals surface area contributed by atoms with Crippen LogP contribution in [0.3, 0.4) is 0 Å². The standard InChI is InChI=1S/C11H12N2OS/c1-2-14-11(15)7-13-8-12-9-5-3-4-6-10(9)13/h3-6,8H,2,7H2,1H3. The first-order chi connectivity index (χ1) is 7.31. The highest BCUT2D eigenvalue weighted by Crippen LogP contribution is 2.11. The summed E-state index contributed by atoms with van der Waals surface area (Å²) in [5.41, 5.74) is 2.07. The number of thiocarbonyl (C=S) groups is 1. The molecule has 0 saturated carbocycles.